The lowest BCUT2D eigenvalue weighted by molar-refractivity contribution is -0.114. The van der Waals surface area contributed by atoms with Gasteiger partial charge in [0.1, 0.15) is 11.5 Å². The molecule has 36 heavy (non-hydrogen) atoms. The molecule has 184 valence electrons. The van der Waals surface area contributed by atoms with Crippen LogP contribution in [-0.4, -0.2) is 25.0 Å². The molecule has 4 rings (SSSR count). The van der Waals surface area contributed by atoms with Gasteiger partial charge in [0.15, 0.2) is 0 Å². The van der Waals surface area contributed by atoms with Crippen LogP contribution in [0.3, 0.4) is 0 Å². The van der Waals surface area contributed by atoms with Crippen LogP contribution in [0.25, 0.3) is 0 Å². The van der Waals surface area contributed by atoms with Crippen LogP contribution in [0.1, 0.15) is 28.1 Å². The maximum atomic E-state index is 12.4. The molecule has 0 bridgehead atoms. The fraction of sp³-hybridized carbons (Fsp3) is 0.172. The number of rotatable bonds is 12. The van der Waals surface area contributed by atoms with Gasteiger partial charge in [-0.05, 0) is 73.0 Å². The molecule has 0 aliphatic heterocycles. The third kappa shape index (κ3) is 7.77. The van der Waals surface area contributed by atoms with Crippen LogP contribution >= 0.6 is 0 Å². The Morgan fingerprint density at radius 1 is 0.833 bits per heavy atom. The second-order valence-electron chi connectivity index (χ2n) is 8.21. The molecule has 0 aliphatic rings. The standard InChI is InChI=1S/C29H29N3O4/c33-28(21-30-25-11-4-10-23(19-25)29(34)31-20-27-12-6-18-36-27)32-24-13-15-26(16-14-24)35-17-5-9-22-7-2-1-3-8-22/h1-4,6-8,10-16,18-19,30H,5,9,17,20-21H2,(H,31,34)(H,32,33). The highest BCUT2D eigenvalue weighted by Crippen LogP contribution is 2.17. The van der Waals surface area contributed by atoms with Crippen molar-refractivity contribution in [1.82, 2.24) is 5.32 Å². The van der Waals surface area contributed by atoms with Gasteiger partial charge in [-0.3, -0.25) is 9.59 Å². The molecular formula is C29H29N3O4. The van der Waals surface area contributed by atoms with E-state index in [1.54, 1.807) is 42.7 Å². The molecule has 7 heteroatoms. The van der Waals surface area contributed by atoms with Gasteiger partial charge in [-0.25, -0.2) is 0 Å². The molecule has 0 atom stereocenters. The second kappa shape index (κ2) is 12.8. The molecule has 0 saturated carbocycles. The molecule has 0 radical (unpaired) electrons. The van der Waals surface area contributed by atoms with Crippen molar-refractivity contribution in [2.45, 2.75) is 19.4 Å². The van der Waals surface area contributed by atoms with Gasteiger partial charge in [0.2, 0.25) is 5.91 Å². The molecule has 0 fully saturated rings. The van der Waals surface area contributed by atoms with Crippen LogP contribution in [0.4, 0.5) is 11.4 Å². The van der Waals surface area contributed by atoms with Crippen LogP contribution < -0.4 is 20.7 Å². The van der Waals surface area contributed by atoms with Crippen molar-refractivity contribution in [2.24, 2.45) is 0 Å². The van der Waals surface area contributed by atoms with Gasteiger partial charge in [-0.15, -0.1) is 0 Å². The van der Waals surface area contributed by atoms with E-state index in [0.29, 0.717) is 35.9 Å². The topological polar surface area (TPSA) is 92.6 Å². The Morgan fingerprint density at radius 2 is 1.67 bits per heavy atom. The number of ether oxygens (including phenoxy) is 1. The minimum absolute atomic E-state index is 0.0647. The largest absolute Gasteiger partial charge is 0.494 e. The first-order chi connectivity index (χ1) is 17.7. The smallest absolute Gasteiger partial charge is 0.251 e. The molecule has 7 nitrogen and oxygen atoms in total. The number of carbonyl (C=O) groups excluding carboxylic acids is 2. The normalized spacial score (nSPS) is 10.4. The molecule has 0 unspecified atom stereocenters. The van der Waals surface area contributed by atoms with Crippen molar-refractivity contribution in [2.75, 3.05) is 23.8 Å². The van der Waals surface area contributed by atoms with E-state index in [4.69, 9.17) is 9.15 Å². The van der Waals surface area contributed by atoms with Crippen molar-refractivity contribution < 1.29 is 18.7 Å². The van der Waals surface area contributed by atoms with E-state index in [1.807, 2.05) is 42.5 Å². The fourth-order valence-electron chi connectivity index (χ4n) is 3.59. The van der Waals surface area contributed by atoms with E-state index in [1.165, 1.54) is 5.56 Å². The summed E-state index contributed by atoms with van der Waals surface area (Å²) >= 11 is 0. The highest BCUT2D eigenvalue weighted by Gasteiger charge is 2.08. The highest BCUT2D eigenvalue weighted by atomic mass is 16.5. The first kappa shape index (κ1) is 24.6. The van der Waals surface area contributed by atoms with Crippen LogP contribution in [0.15, 0.2) is 102 Å². The minimum atomic E-state index is -0.220. The summed E-state index contributed by atoms with van der Waals surface area (Å²) in [4.78, 5) is 24.8. The number of furan rings is 1. The molecule has 1 heterocycles. The van der Waals surface area contributed by atoms with Crippen LogP contribution in [0.5, 0.6) is 5.75 Å². The van der Waals surface area contributed by atoms with E-state index in [0.717, 1.165) is 18.6 Å². The molecular weight excluding hydrogens is 454 g/mol. The number of hydrogen-bond acceptors (Lipinski definition) is 5. The summed E-state index contributed by atoms with van der Waals surface area (Å²) in [5, 5.41) is 8.71. The number of aryl methyl sites for hydroxylation is 1. The van der Waals surface area contributed by atoms with Crippen molar-refractivity contribution in [1.29, 1.82) is 0 Å². The quantitative estimate of drug-likeness (QED) is 0.239. The predicted molar refractivity (Wildman–Crippen MR) is 140 cm³/mol. The van der Waals surface area contributed by atoms with E-state index in [9.17, 15) is 9.59 Å². The maximum absolute atomic E-state index is 12.4. The summed E-state index contributed by atoms with van der Waals surface area (Å²) in [6.45, 7) is 1.00. The summed E-state index contributed by atoms with van der Waals surface area (Å²) in [5.41, 5.74) is 3.15. The number of nitrogens with one attached hydrogen (secondary N) is 3. The zero-order valence-corrected chi connectivity index (χ0v) is 19.9. The van der Waals surface area contributed by atoms with Crippen LogP contribution in [0, 0.1) is 0 Å². The second-order valence-corrected chi connectivity index (χ2v) is 8.21. The number of amides is 2. The van der Waals surface area contributed by atoms with E-state index < -0.39 is 0 Å². The monoisotopic (exact) mass is 483 g/mol. The van der Waals surface area contributed by atoms with Crippen molar-refractivity contribution in [3.8, 4) is 5.75 Å². The SMILES string of the molecule is O=C(CNc1cccc(C(=O)NCc2ccco2)c1)Nc1ccc(OCCCc2ccccc2)cc1. The summed E-state index contributed by atoms with van der Waals surface area (Å²) in [5.74, 6) is 1.03. The summed E-state index contributed by atoms with van der Waals surface area (Å²) in [6, 6.07) is 28.2. The molecule has 0 aliphatic carbocycles. The van der Waals surface area contributed by atoms with Crippen LogP contribution in [-0.2, 0) is 17.8 Å². The molecule has 0 spiro atoms. The van der Waals surface area contributed by atoms with Crippen molar-refractivity contribution in [3.63, 3.8) is 0 Å². The Labute approximate surface area is 210 Å². The lowest BCUT2D eigenvalue weighted by Crippen LogP contribution is -2.23. The third-order valence-electron chi connectivity index (χ3n) is 5.44. The fourth-order valence-corrected chi connectivity index (χ4v) is 3.59. The Morgan fingerprint density at radius 3 is 2.44 bits per heavy atom. The number of benzene rings is 3. The molecule has 4 aromatic rings. The zero-order valence-electron chi connectivity index (χ0n) is 19.9. The van der Waals surface area contributed by atoms with Crippen molar-refractivity contribution in [3.05, 3.63) is 114 Å². The van der Waals surface area contributed by atoms with Gasteiger partial charge < -0.3 is 25.1 Å². The van der Waals surface area contributed by atoms with Crippen molar-refractivity contribution >= 4 is 23.2 Å². The van der Waals surface area contributed by atoms with Gasteiger partial charge in [-0.2, -0.15) is 0 Å². The Bertz CT molecular complexity index is 1240. The van der Waals surface area contributed by atoms with E-state index >= 15 is 0 Å². The van der Waals surface area contributed by atoms with Crippen LogP contribution in [0.2, 0.25) is 0 Å². The minimum Gasteiger partial charge on any atom is -0.494 e. The lowest BCUT2D eigenvalue weighted by atomic mass is 10.1. The zero-order chi connectivity index (χ0) is 25.0. The van der Waals surface area contributed by atoms with E-state index in [-0.39, 0.29) is 18.4 Å². The average Bonchev–Trinajstić information content (AvgIpc) is 3.44. The number of anilines is 2. The van der Waals surface area contributed by atoms with Gasteiger partial charge in [0, 0.05) is 16.9 Å². The van der Waals surface area contributed by atoms with Gasteiger partial charge in [0.05, 0.1) is 26.0 Å². The molecule has 2 amide bonds. The Kier molecular flexibility index (Phi) is 8.75. The predicted octanol–water partition coefficient (Wildman–Crippen LogP) is 5.27. The van der Waals surface area contributed by atoms with E-state index in [2.05, 4.69) is 28.1 Å². The molecule has 3 aromatic carbocycles. The molecule has 1 aromatic heterocycles. The van der Waals surface area contributed by atoms with Gasteiger partial charge >= 0.3 is 0 Å². The molecule has 0 saturated heterocycles. The lowest BCUT2D eigenvalue weighted by Gasteiger charge is -2.10. The molecule has 3 N–H and O–H groups in total. The van der Waals surface area contributed by atoms with Gasteiger partial charge in [-0.1, -0.05) is 36.4 Å². The summed E-state index contributed by atoms with van der Waals surface area (Å²) in [6.07, 6.45) is 3.47. The Hall–Kier alpha value is -4.52. The Balaban J connectivity index is 1.17. The summed E-state index contributed by atoms with van der Waals surface area (Å²) in [7, 11) is 0. The third-order valence-corrected chi connectivity index (χ3v) is 5.44. The number of hydrogen-bond donors (Lipinski definition) is 3. The number of carbonyl (C=O) groups is 2. The highest BCUT2D eigenvalue weighted by molar-refractivity contribution is 5.96. The first-order valence-electron chi connectivity index (χ1n) is 11.9. The van der Waals surface area contributed by atoms with Gasteiger partial charge in [0.25, 0.3) is 5.91 Å². The average molecular weight is 484 g/mol. The summed E-state index contributed by atoms with van der Waals surface area (Å²) < 4.78 is 11.0. The maximum Gasteiger partial charge on any atom is 0.251 e. The first-order valence-corrected chi connectivity index (χ1v) is 11.9.